The Morgan fingerprint density at radius 2 is 1.73 bits per heavy atom. The molecule has 0 aliphatic carbocycles. The average Bonchev–Trinajstić information content (AvgIpc) is 2.80. The largest absolute Gasteiger partial charge is 0.351 e. The summed E-state index contributed by atoms with van der Waals surface area (Å²) in [6.07, 6.45) is 14.9. The smallest absolute Gasteiger partial charge is 0.212 e. The molecule has 1 aliphatic rings. The van der Waals surface area contributed by atoms with Crippen LogP contribution in [0.4, 0.5) is 5.69 Å². The van der Waals surface area contributed by atoms with Gasteiger partial charge in [-0.2, -0.15) is 0 Å². The minimum atomic E-state index is 1.03. The predicted octanol–water partition coefficient (Wildman–Crippen LogP) is 7.03. The van der Waals surface area contributed by atoms with Crippen molar-refractivity contribution in [3.63, 3.8) is 0 Å². The minimum Gasteiger partial charge on any atom is -0.351 e. The van der Waals surface area contributed by atoms with Crippen LogP contribution in [0.3, 0.4) is 0 Å². The van der Waals surface area contributed by atoms with E-state index in [9.17, 15) is 0 Å². The molecule has 30 heavy (non-hydrogen) atoms. The number of fused-ring (bicyclic) bond motifs is 2. The third-order valence-corrected chi connectivity index (χ3v) is 5.52. The number of nitrogens with zero attached hydrogens (tertiary/aromatic N) is 2. The third-order valence-electron chi connectivity index (χ3n) is 4.99. The Balaban J connectivity index is 0.00000124. The van der Waals surface area contributed by atoms with Gasteiger partial charge in [-0.15, -0.1) is 0 Å². The second-order valence-corrected chi connectivity index (χ2v) is 7.77. The van der Waals surface area contributed by atoms with Gasteiger partial charge in [0, 0.05) is 41.1 Å². The molecular formula is C27H28BrN2+. The number of halogens is 1. The zero-order valence-corrected chi connectivity index (χ0v) is 19.6. The van der Waals surface area contributed by atoms with Crippen molar-refractivity contribution in [3.05, 3.63) is 107 Å². The van der Waals surface area contributed by atoms with Crippen molar-refractivity contribution >= 4 is 44.2 Å². The first-order valence-corrected chi connectivity index (χ1v) is 11.1. The molecule has 3 aromatic rings. The predicted molar refractivity (Wildman–Crippen MR) is 134 cm³/mol. The standard InChI is InChI=1S/C25H22BrN2.C2H6/c1-27-17-15-19(22-7-3-5-9-24(22)27)11-13-21(26)14-12-20-16-18-28(2)25-10-6-4-8-23(20)25;1-2/h3-18H,1-2H3;1-2H3/q+1;. The average molecular weight is 460 g/mol. The van der Waals surface area contributed by atoms with Crippen molar-refractivity contribution in [2.75, 3.05) is 11.9 Å². The number of hydrogen-bond acceptors (Lipinski definition) is 1. The topological polar surface area (TPSA) is 7.12 Å². The van der Waals surface area contributed by atoms with E-state index in [2.05, 4.69) is 137 Å². The molecule has 0 saturated carbocycles. The molecule has 1 aromatic heterocycles. The van der Waals surface area contributed by atoms with Gasteiger partial charge in [0.1, 0.15) is 7.05 Å². The summed E-state index contributed by atoms with van der Waals surface area (Å²) in [6.45, 7) is 4.00. The van der Waals surface area contributed by atoms with Crippen LogP contribution in [0.5, 0.6) is 0 Å². The molecular weight excluding hydrogens is 432 g/mol. The molecule has 0 atom stereocenters. The molecule has 0 spiro atoms. The number of aryl methyl sites for hydroxylation is 1. The van der Waals surface area contributed by atoms with E-state index in [0.717, 1.165) is 4.48 Å². The van der Waals surface area contributed by atoms with Crippen molar-refractivity contribution in [1.29, 1.82) is 0 Å². The van der Waals surface area contributed by atoms with Crippen molar-refractivity contribution in [2.45, 2.75) is 13.8 Å². The number of para-hydroxylation sites is 2. The fraction of sp³-hybridized carbons (Fsp3) is 0.148. The van der Waals surface area contributed by atoms with E-state index in [1.54, 1.807) is 0 Å². The lowest BCUT2D eigenvalue weighted by Crippen LogP contribution is -2.28. The number of allylic oxidation sites excluding steroid dienone is 6. The lowest BCUT2D eigenvalue weighted by Gasteiger charge is -2.23. The van der Waals surface area contributed by atoms with Gasteiger partial charge in [-0.05, 0) is 41.5 Å². The summed E-state index contributed by atoms with van der Waals surface area (Å²) >= 11 is 3.68. The molecule has 4 rings (SSSR count). The first-order chi connectivity index (χ1) is 14.6. The van der Waals surface area contributed by atoms with E-state index < -0.39 is 0 Å². The monoisotopic (exact) mass is 459 g/mol. The summed E-state index contributed by atoms with van der Waals surface area (Å²) in [5.74, 6) is 0. The van der Waals surface area contributed by atoms with Gasteiger partial charge in [0.05, 0.1) is 5.39 Å². The Labute approximate surface area is 188 Å². The molecule has 0 bridgehead atoms. The molecule has 0 saturated heterocycles. The highest BCUT2D eigenvalue weighted by Crippen LogP contribution is 2.31. The fourth-order valence-corrected chi connectivity index (χ4v) is 3.72. The van der Waals surface area contributed by atoms with Crippen molar-refractivity contribution < 1.29 is 4.57 Å². The normalized spacial score (nSPS) is 14.8. The molecule has 2 aromatic carbocycles. The summed E-state index contributed by atoms with van der Waals surface area (Å²) in [6, 6.07) is 19.1. The Morgan fingerprint density at radius 3 is 2.57 bits per heavy atom. The van der Waals surface area contributed by atoms with E-state index in [0.29, 0.717) is 0 Å². The van der Waals surface area contributed by atoms with Crippen LogP contribution in [-0.2, 0) is 7.05 Å². The molecule has 0 fully saturated rings. The summed E-state index contributed by atoms with van der Waals surface area (Å²) < 4.78 is 3.17. The van der Waals surface area contributed by atoms with Gasteiger partial charge in [-0.25, -0.2) is 4.57 Å². The van der Waals surface area contributed by atoms with Crippen molar-refractivity contribution in [3.8, 4) is 0 Å². The lowest BCUT2D eigenvalue weighted by molar-refractivity contribution is -0.644. The minimum absolute atomic E-state index is 1.03. The fourth-order valence-electron chi connectivity index (χ4n) is 3.46. The zero-order valence-electron chi connectivity index (χ0n) is 18.0. The molecule has 2 heterocycles. The quantitative estimate of drug-likeness (QED) is 0.301. The summed E-state index contributed by atoms with van der Waals surface area (Å²) in [7, 11) is 4.15. The van der Waals surface area contributed by atoms with E-state index in [4.69, 9.17) is 0 Å². The van der Waals surface area contributed by atoms with E-state index >= 15 is 0 Å². The maximum Gasteiger partial charge on any atom is 0.212 e. The van der Waals surface area contributed by atoms with Gasteiger partial charge in [0.15, 0.2) is 6.20 Å². The number of pyridine rings is 1. The molecule has 0 N–H and O–H groups in total. The molecule has 3 heteroatoms. The molecule has 0 unspecified atom stereocenters. The molecule has 152 valence electrons. The molecule has 2 nitrogen and oxygen atoms in total. The van der Waals surface area contributed by atoms with Gasteiger partial charge in [-0.1, -0.05) is 72.3 Å². The van der Waals surface area contributed by atoms with Crippen LogP contribution >= 0.6 is 15.9 Å². The number of hydrogen-bond donors (Lipinski definition) is 0. The maximum atomic E-state index is 3.68. The molecule has 0 radical (unpaired) electrons. The Morgan fingerprint density at radius 1 is 1.00 bits per heavy atom. The first kappa shape index (κ1) is 21.8. The highest BCUT2D eigenvalue weighted by molar-refractivity contribution is 9.11. The van der Waals surface area contributed by atoms with Gasteiger partial charge in [0.25, 0.3) is 0 Å². The van der Waals surface area contributed by atoms with Crippen LogP contribution in [-0.4, -0.2) is 7.05 Å². The van der Waals surface area contributed by atoms with E-state index in [1.165, 1.54) is 33.3 Å². The van der Waals surface area contributed by atoms with Crippen LogP contribution < -0.4 is 9.47 Å². The Hall–Kier alpha value is -2.91. The van der Waals surface area contributed by atoms with E-state index in [1.807, 2.05) is 13.8 Å². The van der Waals surface area contributed by atoms with Crippen LogP contribution in [0.1, 0.15) is 25.0 Å². The molecule has 0 amide bonds. The summed E-state index contributed by atoms with van der Waals surface area (Å²) in [5.41, 5.74) is 6.10. The molecule has 1 aliphatic heterocycles. The van der Waals surface area contributed by atoms with Gasteiger partial charge >= 0.3 is 0 Å². The second kappa shape index (κ2) is 10.2. The maximum absolute atomic E-state index is 3.68. The summed E-state index contributed by atoms with van der Waals surface area (Å²) in [4.78, 5) is 2.14. The third kappa shape index (κ3) is 4.80. The first-order valence-electron chi connectivity index (χ1n) is 10.3. The van der Waals surface area contributed by atoms with Crippen LogP contribution in [0.15, 0.2) is 95.8 Å². The van der Waals surface area contributed by atoms with Crippen molar-refractivity contribution in [2.24, 2.45) is 7.05 Å². The van der Waals surface area contributed by atoms with E-state index in [-0.39, 0.29) is 0 Å². The highest BCUT2D eigenvalue weighted by atomic mass is 79.9. The lowest BCUT2D eigenvalue weighted by atomic mass is 10.00. The number of rotatable bonds is 3. The van der Waals surface area contributed by atoms with Crippen LogP contribution in [0.25, 0.3) is 22.6 Å². The number of aromatic nitrogens is 1. The second-order valence-electron chi connectivity index (χ2n) is 6.85. The Kier molecular flexibility index (Phi) is 7.42. The van der Waals surface area contributed by atoms with Gasteiger partial charge in [-0.3, -0.25) is 0 Å². The van der Waals surface area contributed by atoms with Gasteiger partial charge in [0.2, 0.25) is 5.52 Å². The van der Waals surface area contributed by atoms with Gasteiger partial charge < -0.3 is 4.90 Å². The summed E-state index contributed by atoms with van der Waals surface area (Å²) in [5, 5.41) is 1.24. The number of anilines is 1. The SMILES string of the molecule is CC.CN1C=C/C(=C/C=C(Br)/C=C/c2cc[n+](C)c3ccccc23)c2ccccc21. The van der Waals surface area contributed by atoms with Crippen LogP contribution in [0, 0.1) is 0 Å². The Bertz CT molecular complexity index is 1150. The zero-order chi connectivity index (χ0) is 21.5. The number of benzene rings is 2. The van der Waals surface area contributed by atoms with Crippen molar-refractivity contribution in [1.82, 2.24) is 0 Å². The highest BCUT2D eigenvalue weighted by Gasteiger charge is 2.11. The van der Waals surface area contributed by atoms with Crippen LogP contribution in [0.2, 0.25) is 0 Å².